The van der Waals surface area contributed by atoms with Crippen molar-refractivity contribution >= 4 is 17.7 Å². The molecule has 0 radical (unpaired) electrons. The Labute approximate surface area is 144 Å². The molecule has 2 amide bonds. The van der Waals surface area contributed by atoms with Gasteiger partial charge in [0.05, 0.1) is 0 Å². The van der Waals surface area contributed by atoms with Crippen molar-refractivity contribution in [3.05, 3.63) is 29.8 Å². The zero-order valence-corrected chi connectivity index (χ0v) is 15.3. The van der Waals surface area contributed by atoms with E-state index in [9.17, 15) is 9.59 Å². The first kappa shape index (κ1) is 18.3. The van der Waals surface area contributed by atoms with Gasteiger partial charge in [-0.25, -0.2) is 4.79 Å². The molecule has 2 rings (SSSR count). The van der Waals surface area contributed by atoms with Crippen LogP contribution in [0, 0.1) is 0 Å². The van der Waals surface area contributed by atoms with Crippen LogP contribution < -0.4 is 4.90 Å². The van der Waals surface area contributed by atoms with E-state index in [0.717, 1.165) is 18.5 Å². The van der Waals surface area contributed by atoms with Gasteiger partial charge in [0.25, 0.3) is 0 Å². The van der Waals surface area contributed by atoms with Crippen LogP contribution in [-0.2, 0) is 9.53 Å². The lowest BCUT2D eigenvalue weighted by molar-refractivity contribution is -0.116. The van der Waals surface area contributed by atoms with Crippen LogP contribution in [-0.4, -0.2) is 42.6 Å². The van der Waals surface area contributed by atoms with Gasteiger partial charge in [-0.1, -0.05) is 12.1 Å². The van der Waals surface area contributed by atoms with Gasteiger partial charge in [-0.05, 0) is 57.2 Å². The van der Waals surface area contributed by atoms with Crippen molar-refractivity contribution in [3.8, 4) is 0 Å². The van der Waals surface area contributed by atoms with Gasteiger partial charge in [0.1, 0.15) is 5.60 Å². The van der Waals surface area contributed by atoms with Crippen LogP contribution in [0.2, 0.25) is 0 Å². The van der Waals surface area contributed by atoms with Crippen LogP contribution in [0.1, 0.15) is 52.0 Å². The summed E-state index contributed by atoms with van der Waals surface area (Å²) in [5, 5.41) is 0. The highest BCUT2D eigenvalue weighted by Crippen LogP contribution is 2.30. The van der Waals surface area contributed by atoms with E-state index in [1.54, 1.807) is 23.8 Å². The second-order valence-electron chi connectivity index (χ2n) is 7.41. The maximum absolute atomic E-state index is 12.1. The van der Waals surface area contributed by atoms with Crippen molar-refractivity contribution in [3.63, 3.8) is 0 Å². The van der Waals surface area contributed by atoms with Crippen LogP contribution in [0.4, 0.5) is 10.5 Å². The number of benzene rings is 1. The minimum Gasteiger partial charge on any atom is -0.444 e. The van der Waals surface area contributed by atoms with Crippen LogP contribution >= 0.6 is 0 Å². The van der Waals surface area contributed by atoms with E-state index in [-0.39, 0.29) is 12.0 Å². The fourth-order valence-electron chi connectivity index (χ4n) is 2.87. The van der Waals surface area contributed by atoms with Crippen LogP contribution in [0.15, 0.2) is 24.3 Å². The summed E-state index contributed by atoms with van der Waals surface area (Å²) in [5.41, 5.74) is 1.71. The van der Waals surface area contributed by atoms with E-state index in [1.165, 1.54) is 5.56 Å². The number of amides is 2. The number of ether oxygens (including phenoxy) is 1. The molecule has 0 spiro atoms. The van der Waals surface area contributed by atoms with E-state index >= 15 is 0 Å². The molecule has 1 aromatic rings. The number of anilines is 1. The van der Waals surface area contributed by atoms with Crippen molar-refractivity contribution in [2.24, 2.45) is 0 Å². The van der Waals surface area contributed by atoms with Crippen molar-refractivity contribution in [2.45, 2.75) is 52.1 Å². The van der Waals surface area contributed by atoms with Gasteiger partial charge in [0, 0.05) is 32.7 Å². The van der Waals surface area contributed by atoms with Gasteiger partial charge in [0.15, 0.2) is 0 Å². The van der Waals surface area contributed by atoms with Crippen LogP contribution in [0.3, 0.4) is 0 Å². The van der Waals surface area contributed by atoms with E-state index in [0.29, 0.717) is 19.0 Å². The first-order valence-electron chi connectivity index (χ1n) is 8.49. The second-order valence-corrected chi connectivity index (χ2v) is 7.41. The maximum atomic E-state index is 12.1. The van der Waals surface area contributed by atoms with Crippen molar-refractivity contribution in [1.82, 2.24) is 4.90 Å². The Hall–Kier alpha value is -2.04. The molecule has 0 saturated carbocycles. The molecule has 1 aliphatic rings. The SMILES string of the molecule is CC(=O)N(C)c1ccc(C2CCN(C(=O)OC(C)(C)C)CC2)cc1. The molecule has 0 aromatic heterocycles. The Kier molecular flexibility index (Phi) is 5.52. The van der Waals surface area contributed by atoms with E-state index in [2.05, 4.69) is 12.1 Å². The number of nitrogens with zero attached hydrogens (tertiary/aromatic N) is 2. The predicted octanol–water partition coefficient (Wildman–Crippen LogP) is 3.78. The summed E-state index contributed by atoms with van der Waals surface area (Å²) in [4.78, 5) is 26.9. The molecule has 24 heavy (non-hydrogen) atoms. The number of rotatable bonds is 2. The quantitative estimate of drug-likeness (QED) is 0.828. The summed E-state index contributed by atoms with van der Waals surface area (Å²) >= 11 is 0. The Balaban J connectivity index is 1.92. The smallest absolute Gasteiger partial charge is 0.410 e. The summed E-state index contributed by atoms with van der Waals surface area (Å²) in [6, 6.07) is 8.14. The van der Waals surface area contributed by atoms with Gasteiger partial charge in [-0.15, -0.1) is 0 Å². The highest BCUT2D eigenvalue weighted by molar-refractivity contribution is 5.90. The van der Waals surface area contributed by atoms with Gasteiger partial charge >= 0.3 is 6.09 Å². The lowest BCUT2D eigenvalue weighted by Crippen LogP contribution is -2.41. The maximum Gasteiger partial charge on any atom is 0.410 e. The Morgan fingerprint density at radius 2 is 1.67 bits per heavy atom. The van der Waals surface area contributed by atoms with E-state index < -0.39 is 5.60 Å². The number of carbonyl (C=O) groups is 2. The van der Waals surface area contributed by atoms with Gasteiger partial charge in [-0.3, -0.25) is 4.79 Å². The molecule has 1 heterocycles. The van der Waals surface area contributed by atoms with Gasteiger partial charge in [0.2, 0.25) is 5.91 Å². The van der Waals surface area contributed by atoms with E-state index in [4.69, 9.17) is 4.74 Å². The summed E-state index contributed by atoms with van der Waals surface area (Å²) in [5.74, 6) is 0.466. The molecule has 0 N–H and O–H groups in total. The first-order valence-corrected chi connectivity index (χ1v) is 8.49. The number of carbonyl (C=O) groups excluding carboxylic acids is 2. The fraction of sp³-hybridized carbons (Fsp3) is 0.579. The number of hydrogen-bond acceptors (Lipinski definition) is 3. The molecule has 1 saturated heterocycles. The Morgan fingerprint density at radius 1 is 1.12 bits per heavy atom. The lowest BCUT2D eigenvalue weighted by Gasteiger charge is -2.33. The lowest BCUT2D eigenvalue weighted by atomic mass is 9.89. The third kappa shape index (κ3) is 4.73. The zero-order valence-electron chi connectivity index (χ0n) is 15.3. The van der Waals surface area contributed by atoms with Gasteiger partial charge in [-0.2, -0.15) is 0 Å². The fourth-order valence-corrected chi connectivity index (χ4v) is 2.87. The minimum absolute atomic E-state index is 0.0217. The third-order valence-corrected chi connectivity index (χ3v) is 4.37. The number of hydrogen-bond donors (Lipinski definition) is 0. The molecule has 0 aliphatic carbocycles. The highest BCUT2D eigenvalue weighted by atomic mass is 16.6. The molecule has 0 bridgehead atoms. The summed E-state index contributed by atoms with van der Waals surface area (Å²) in [7, 11) is 1.77. The average Bonchev–Trinajstić information content (AvgIpc) is 2.53. The molecule has 0 atom stereocenters. The molecule has 0 unspecified atom stereocenters. The molecule has 1 aliphatic heterocycles. The zero-order chi connectivity index (χ0) is 17.9. The number of likely N-dealkylation sites (tertiary alicyclic amines) is 1. The second kappa shape index (κ2) is 7.24. The monoisotopic (exact) mass is 332 g/mol. The third-order valence-electron chi connectivity index (χ3n) is 4.37. The highest BCUT2D eigenvalue weighted by Gasteiger charge is 2.27. The minimum atomic E-state index is -0.452. The van der Waals surface area contributed by atoms with Crippen LogP contribution in [0.25, 0.3) is 0 Å². The summed E-state index contributed by atoms with van der Waals surface area (Å²) < 4.78 is 5.43. The summed E-state index contributed by atoms with van der Waals surface area (Å²) in [6.07, 6.45) is 1.64. The average molecular weight is 332 g/mol. The molecular weight excluding hydrogens is 304 g/mol. The standard InChI is InChI=1S/C19H28N2O3/c1-14(22)20(5)17-8-6-15(7-9-17)16-10-12-21(13-11-16)18(23)24-19(2,3)4/h6-9,16H,10-13H2,1-5H3. The van der Waals surface area contributed by atoms with E-state index in [1.807, 2.05) is 32.9 Å². The first-order chi connectivity index (χ1) is 11.2. The molecular formula is C19H28N2O3. The molecule has 132 valence electrons. The number of piperidine rings is 1. The van der Waals surface area contributed by atoms with Gasteiger partial charge < -0.3 is 14.5 Å². The molecule has 1 aromatic carbocycles. The largest absolute Gasteiger partial charge is 0.444 e. The molecule has 1 fully saturated rings. The van der Waals surface area contributed by atoms with Crippen molar-refractivity contribution in [1.29, 1.82) is 0 Å². The Bertz CT molecular complexity index is 582. The molecule has 5 heteroatoms. The topological polar surface area (TPSA) is 49.9 Å². The normalized spacial score (nSPS) is 16.0. The predicted molar refractivity (Wildman–Crippen MR) is 95.3 cm³/mol. The summed E-state index contributed by atoms with van der Waals surface area (Å²) in [6.45, 7) is 8.65. The van der Waals surface area contributed by atoms with Crippen molar-refractivity contribution < 1.29 is 14.3 Å². The Morgan fingerprint density at radius 3 is 2.12 bits per heavy atom. The van der Waals surface area contributed by atoms with Crippen LogP contribution in [0.5, 0.6) is 0 Å². The van der Waals surface area contributed by atoms with Crippen molar-refractivity contribution in [2.75, 3.05) is 25.0 Å². The molecule has 5 nitrogen and oxygen atoms in total.